The number of carbonyl (C=O) groups is 2. The number of fused-ring (bicyclic) bond motifs is 1. The molecule has 0 radical (unpaired) electrons. The van der Waals surface area contributed by atoms with Crippen molar-refractivity contribution < 1.29 is 14.3 Å². The van der Waals surface area contributed by atoms with E-state index in [1.165, 1.54) is 0 Å². The number of halogens is 1. The van der Waals surface area contributed by atoms with E-state index in [2.05, 4.69) is 5.32 Å². The molecule has 26 heavy (non-hydrogen) atoms. The van der Waals surface area contributed by atoms with Gasteiger partial charge >= 0.3 is 0 Å². The molecule has 1 N–H and O–H groups in total. The van der Waals surface area contributed by atoms with Crippen LogP contribution in [0.4, 0.5) is 5.69 Å². The number of rotatable bonds is 3. The summed E-state index contributed by atoms with van der Waals surface area (Å²) in [7, 11) is 0. The van der Waals surface area contributed by atoms with Crippen molar-refractivity contribution >= 4 is 29.1 Å². The molecule has 2 aromatic rings. The molecule has 0 spiro atoms. The van der Waals surface area contributed by atoms with Crippen molar-refractivity contribution in [3.05, 3.63) is 59.1 Å². The average molecular weight is 371 g/mol. The van der Waals surface area contributed by atoms with Crippen LogP contribution in [-0.2, 0) is 9.59 Å². The van der Waals surface area contributed by atoms with Gasteiger partial charge in [0.25, 0.3) is 0 Å². The minimum Gasteiger partial charge on any atom is -0.493 e. The van der Waals surface area contributed by atoms with Crippen LogP contribution >= 0.6 is 11.6 Å². The Labute approximate surface area is 156 Å². The largest absolute Gasteiger partial charge is 0.493 e. The van der Waals surface area contributed by atoms with Crippen LogP contribution in [0.2, 0.25) is 5.02 Å². The van der Waals surface area contributed by atoms with Crippen molar-refractivity contribution in [2.45, 2.75) is 18.9 Å². The average Bonchev–Trinajstić information content (AvgIpc) is 3.04. The summed E-state index contributed by atoms with van der Waals surface area (Å²) < 4.78 is 5.64. The Balaban J connectivity index is 1.47. The summed E-state index contributed by atoms with van der Waals surface area (Å²) in [6.07, 6.45) is 0.916. The molecule has 6 heteroatoms. The van der Waals surface area contributed by atoms with E-state index in [4.69, 9.17) is 16.3 Å². The fourth-order valence-electron chi connectivity index (χ4n) is 3.57. The van der Waals surface area contributed by atoms with Gasteiger partial charge < -0.3 is 15.0 Å². The molecular formula is C20H19ClN2O3. The standard InChI is InChI=1S/C20H19ClN2O3/c21-15-6-2-3-7-17(15)23-12-13(11-19(23)24)20(25)22-16-9-10-26-18-8-4-1-5-14(16)18/h1-8,13,16H,9-12H2,(H,22,25)/t13-,16-/m0/s1. The molecule has 2 heterocycles. The van der Waals surface area contributed by atoms with E-state index in [1.54, 1.807) is 17.0 Å². The summed E-state index contributed by atoms with van der Waals surface area (Å²) in [6.45, 7) is 0.913. The van der Waals surface area contributed by atoms with Gasteiger partial charge in [-0.1, -0.05) is 41.9 Å². The SMILES string of the molecule is O=C(N[C@H]1CCOc2ccccc21)[C@H]1CC(=O)N(c2ccccc2Cl)C1. The first-order chi connectivity index (χ1) is 12.6. The highest BCUT2D eigenvalue weighted by molar-refractivity contribution is 6.33. The number of hydrogen-bond acceptors (Lipinski definition) is 3. The fourth-order valence-corrected chi connectivity index (χ4v) is 3.81. The molecule has 134 valence electrons. The van der Waals surface area contributed by atoms with E-state index in [1.807, 2.05) is 36.4 Å². The van der Waals surface area contributed by atoms with Crippen LogP contribution in [-0.4, -0.2) is 25.0 Å². The summed E-state index contributed by atoms with van der Waals surface area (Å²) in [5, 5.41) is 3.61. The highest BCUT2D eigenvalue weighted by Crippen LogP contribution is 2.34. The zero-order chi connectivity index (χ0) is 18.1. The molecule has 2 atom stereocenters. The quantitative estimate of drug-likeness (QED) is 0.901. The van der Waals surface area contributed by atoms with Crippen LogP contribution < -0.4 is 15.0 Å². The molecule has 0 aromatic heterocycles. The minimum atomic E-state index is -0.381. The molecule has 0 unspecified atom stereocenters. The fraction of sp³-hybridized carbons (Fsp3) is 0.300. The molecule has 2 aliphatic heterocycles. The Bertz CT molecular complexity index is 854. The molecule has 4 rings (SSSR count). The number of carbonyl (C=O) groups excluding carboxylic acids is 2. The number of nitrogens with one attached hydrogen (secondary N) is 1. The monoisotopic (exact) mass is 370 g/mol. The smallest absolute Gasteiger partial charge is 0.227 e. The zero-order valence-corrected chi connectivity index (χ0v) is 14.9. The Hall–Kier alpha value is -2.53. The van der Waals surface area contributed by atoms with Gasteiger partial charge in [-0.05, 0) is 18.2 Å². The molecule has 0 bridgehead atoms. The van der Waals surface area contributed by atoms with Gasteiger partial charge in [0.15, 0.2) is 0 Å². The van der Waals surface area contributed by atoms with Gasteiger partial charge in [-0.3, -0.25) is 9.59 Å². The van der Waals surface area contributed by atoms with Crippen LogP contribution in [0.3, 0.4) is 0 Å². The zero-order valence-electron chi connectivity index (χ0n) is 14.2. The summed E-state index contributed by atoms with van der Waals surface area (Å²) >= 11 is 6.20. The van der Waals surface area contributed by atoms with Crippen LogP contribution in [0.25, 0.3) is 0 Å². The Morgan fingerprint density at radius 3 is 2.77 bits per heavy atom. The first-order valence-electron chi connectivity index (χ1n) is 8.70. The summed E-state index contributed by atoms with van der Waals surface area (Å²) in [4.78, 5) is 26.8. The number of nitrogens with zero attached hydrogens (tertiary/aromatic N) is 1. The first kappa shape index (κ1) is 16.9. The Morgan fingerprint density at radius 2 is 1.92 bits per heavy atom. The molecule has 5 nitrogen and oxygen atoms in total. The normalized spacial score (nSPS) is 21.9. The second kappa shape index (κ2) is 7.00. The lowest BCUT2D eigenvalue weighted by molar-refractivity contribution is -0.127. The number of amides is 2. The number of anilines is 1. The highest BCUT2D eigenvalue weighted by atomic mass is 35.5. The van der Waals surface area contributed by atoms with Crippen LogP contribution in [0.5, 0.6) is 5.75 Å². The lowest BCUT2D eigenvalue weighted by Crippen LogP contribution is -2.37. The van der Waals surface area contributed by atoms with E-state index in [0.717, 1.165) is 17.7 Å². The van der Waals surface area contributed by atoms with Gasteiger partial charge in [0.2, 0.25) is 11.8 Å². The molecule has 2 amide bonds. The van der Waals surface area contributed by atoms with E-state index < -0.39 is 0 Å². The summed E-state index contributed by atoms with van der Waals surface area (Å²) in [5.41, 5.74) is 1.64. The molecule has 0 aliphatic carbocycles. The lowest BCUT2D eigenvalue weighted by atomic mass is 9.99. The second-order valence-corrected chi connectivity index (χ2v) is 7.00. The second-order valence-electron chi connectivity index (χ2n) is 6.59. The van der Waals surface area contributed by atoms with Gasteiger partial charge in [-0.25, -0.2) is 0 Å². The number of benzene rings is 2. The van der Waals surface area contributed by atoms with Gasteiger partial charge in [0.1, 0.15) is 5.75 Å². The van der Waals surface area contributed by atoms with Crippen LogP contribution in [0.15, 0.2) is 48.5 Å². The molecule has 1 fully saturated rings. The lowest BCUT2D eigenvalue weighted by Gasteiger charge is -2.27. The van der Waals surface area contributed by atoms with E-state index in [9.17, 15) is 9.59 Å². The molecule has 2 aromatic carbocycles. The first-order valence-corrected chi connectivity index (χ1v) is 9.08. The van der Waals surface area contributed by atoms with Crippen molar-refractivity contribution in [3.8, 4) is 5.75 Å². The Kier molecular flexibility index (Phi) is 4.55. The number of para-hydroxylation sites is 2. The van der Waals surface area contributed by atoms with Gasteiger partial charge in [-0.2, -0.15) is 0 Å². The van der Waals surface area contributed by atoms with Crippen LogP contribution in [0.1, 0.15) is 24.4 Å². The maximum atomic E-state index is 12.8. The van der Waals surface area contributed by atoms with Gasteiger partial charge in [0.05, 0.1) is 29.3 Å². The third-order valence-electron chi connectivity index (χ3n) is 4.91. The molecule has 0 saturated carbocycles. The predicted octanol–water partition coefficient (Wildman–Crippen LogP) is 3.33. The van der Waals surface area contributed by atoms with E-state index >= 15 is 0 Å². The molecule has 2 aliphatic rings. The third-order valence-corrected chi connectivity index (χ3v) is 5.23. The molecular weight excluding hydrogens is 352 g/mol. The van der Waals surface area contributed by atoms with Crippen molar-refractivity contribution in [2.75, 3.05) is 18.1 Å². The Morgan fingerprint density at radius 1 is 1.15 bits per heavy atom. The third kappa shape index (κ3) is 3.15. The topological polar surface area (TPSA) is 58.6 Å². The highest BCUT2D eigenvalue weighted by Gasteiger charge is 2.37. The van der Waals surface area contributed by atoms with Gasteiger partial charge in [-0.15, -0.1) is 0 Å². The molecule has 1 saturated heterocycles. The maximum absolute atomic E-state index is 12.8. The predicted molar refractivity (Wildman–Crippen MR) is 99.3 cm³/mol. The summed E-state index contributed by atoms with van der Waals surface area (Å²) in [5.74, 6) is 0.248. The summed E-state index contributed by atoms with van der Waals surface area (Å²) in [6, 6.07) is 14.8. The van der Waals surface area contributed by atoms with Gasteiger partial charge in [0, 0.05) is 24.9 Å². The van der Waals surface area contributed by atoms with E-state index in [-0.39, 0.29) is 30.2 Å². The van der Waals surface area contributed by atoms with Crippen molar-refractivity contribution in [2.24, 2.45) is 5.92 Å². The number of ether oxygens (including phenoxy) is 1. The number of hydrogen-bond donors (Lipinski definition) is 1. The minimum absolute atomic E-state index is 0.0781. The van der Waals surface area contributed by atoms with Crippen LogP contribution in [0, 0.1) is 5.92 Å². The van der Waals surface area contributed by atoms with Crippen molar-refractivity contribution in [3.63, 3.8) is 0 Å². The van der Waals surface area contributed by atoms with E-state index in [0.29, 0.717) is 23.9 Å². The van der Waals surface area contributed by atoms with Crippen molar-refractivity contribution in [1.29, 1.82) is 0 Å². The van der Waals surface area contributed by atoms with Crippen molar-refractivity contribution in [1.82, 2.24) is 5.32 Å². The maximum Gasteiger partial charge on any atom is 0.227 e.